The van der Waals surface area contributed by atoms with Gasteiger partial charge < -0.3 is 15.8 Å². The largest absolute Gasteiger partial charge is 0.490 e. The van der Waals surface area contributed by atoms with E-state index in [0.717, 1.165) is 29.0 Å². The summed E-state index contributed by atoms with van der Waals surface area (Å²) in [5, 5.41) is 2.68. The monoisotopic (exact) mass is 356 g/mol. The first-order chi connectivity index (χ1) is 12.2. The Morgan fingerprint density at radius 1 is 1.35 bits per heavy atom. The first-order valence-electron chi connectivity index (χ1n) is 8.78. The summed E-state index contributed by atoms with van der Waals surface area (Å²) in [7, 11) is 0. The number of nitrogens with zero attached hydrogens (tertiary/aromatic N) is 2. The lowest BCUT2D eigenvalue weighted by Crippen LogP contribution is -2.43. The van der Waals surface area contributed by atoms with E-state index < -0.39 is 0 Å². The van der Waals surface area contributed by atoms with E-state index in [1.165, 1.54) is 6.92 Å². The zero-order valence-electron chi connectivity index (χ0n) is 16.2. The summed E-state index contributed by atoms with van der Waals surface area (Å²) >= 11 is 0. The van der Waals surface area contributed by atoms with Crippen LogP contribution in [0.15, 0.2) is 30.6 Å². The molecule has 2 aromatic rings. The minimum Gasteiger partial charge on any atom is -0.490 e. The highest BCUT2D eigenvalue weighted by Crippen LogP contribution is 2.25. The molecule has 6 heteroatoms. The van der Waals surface area contributed by atoms with Gasteiger partial charge >= 0.3 is 0 Å². The van der Waals surface area contributed by atoms with Gasteiger partial charge in [-0.15, -0.1) is 0 Å². The first kappa shape index (κ1) is 19.8. The van der Waals surface area contributed by atoms with Crippen molar-refractivity contribution in [1.29, 1.82) is 0 Å². The molecule has 1 atom stereocenters. The van der Waals surface area contributed by atoms with Crippen LogP contribution >= 0.6 is 0 Å². The second-order valence-corrected chi connectivity index (χ2v) is 7.49. The second kappa shape index (κ2) is 8.27. The highest BCUT2D eigenvalue weighted by atomic mass is 16.5. The number of carbonyl (C=O) groups is 1. The fraction of sp³-hybridized carbons (Fsp3) is 0.450. The van der Waals surface area contributed by atoms with Crippen LogP contribution in [-0.2, 0) is 4.79 Å². The number of pyridine rings is 2. The Morgan fingerprint density at radius 2 is 2.08 bits per heavy atom. The maximum atomic E-state index is 11.2. The zero-order valence-corrected chi connectivity index (χ0v) is 16.2. The molecule has 2 heterocycles. The molecule has 0 aromatic carbocycles. The Balaban J connectivity index is 2.13. The van der Waals surface area contributed by atoms with Gasteiger partial charge in [0, 0.05) is 24.2 Å². The quantitative estimate of drug-likeness (QED) is 0.792. The molecule has 0 spiro atoms. The lowest BCUT2D eigenvalue weighted by molar-refractivity contribution is -0.114. The lowest BCUT2D eigenvalue weighted by Gasteiger charge is -2.27. The standard InChI is InChI=1S/C20H28N4O2/c1-13(2)10-20(5,21)12-26-18-11-23-17(8-14(18)3)16-6-7-22-19(9-16)24-15(4)25/h6-9,11,13H,10,12,21H2,1-5H3,(H,22,24,25). The summed E-state index contributed by atoms with van der Waals surface area (Å²) in [6, 6.07) is 5.61. The van der Waals surface area contributed by atoms with Gasteiger partial charge in [0.15, 0.2) is 0 Å². The lowest BCUT2D eigenvalue weighted by atomic mass is 9.93. The Labute approximate surface area is 155 Å². The topological polar surface area (TPSA) is 90.1 Å². The average molecular weight is 356 g/mol. The van der Waals surface area contributed by atoms with E-state index in [9.17, 15) is 4.79 Å². The number of ether oxygens (including phenoxy) is 1. The summed E-state index contributed by atoms with van der Waals surface area (Å²) < 4.78 is 5.91. The molecule has 0 aliphatic carbocycles. The molecule has 0 saturated carbocycles. The zero-order chi connectivity index (χ0) is 19.3. The molecule has 6 nitrogen and oxygen atoms in total. The van der Waals surface area contributed by atoms with Gasteiger partial charge in [0.25, 0.3) is 0 Å². The van der Waals surface area contributed by atoms with Crippen molar-refractivity contribution in [2.24, 2.45) is 11.7 Å². The van der Waals surface area contributed by atoms with Gasteiger partial charge in [-0.2, -0.15) is 0 Å². The molecule has 1 amide bonds. The first-order valence-corrected chi connectivity index (χ1v) is 8.78. The van der Waals surface area contributed by atoms with Crippen LogP contribution in [0.25, 0.3) is 11.3 Å². The van der Waals surface area contributed by atoms with Crippen LogP contribution in [0, 0.1) is 12.8 Å². The number of aromatic nitrogens is 2. The molecule has 2 rings (SSSR count). The van der Waals surface area contributed by atoms with Crippen molar-refractivity contribution in [3.05, 3.63) is 36.2 Å². The van der Waals surface area contributed by atoms with Crippen LogP contribution in [0.4, 0.5) is 5.82 Å². The minimum absolute atomic E-state index is 0.159. The van der Waals surface area contributed by atoms with Crippen molar-refractivity contribution in [3.8, 4) is 17.0 Å². The molecular formula is C20H28N4O2. The van der Waals surface area contributed by atoms with E-state index in [4.69, 9.17) is 10.5 Å². The molecule has 26 heavy (non-hydrogen) atoms. The maximum absolute atomic E-state index is 11.2. The molecule has 0 saturated heterocycles. The molecule has 0 aliphatic heterocycles. The second-order valence-electron chi connectivity index (χ2n) is 7.49. The highest BCUT2D eigenvalue weighted by molar-refractivity contribution is 5.88. The summed E-state index contributed by atoms with van der Waals surface area (Å²) in [5.41, 5.74) is 8.58. The summed E-state index contributed by atoms with van der Waals surface area (Å²) in [6.45, 7) is 10.2. The normalized spacial score (nSPS) is 13.3. The van der Waals surface area contributed by atoms with Gasteiger partial charge in [0.1, 0.15) is 18.2 Å². The number of anilines is 1. The molecule has 140 valence electrons. The fourth-order valence-electron chi connectivity index (χ4n) is 2.93. The highest BCUT2D eigenvalue weighted by Gasteiger charge is 2.21. The van der Waals surface area contributed by atoms with Crippen molar-refractivity contribution < 1.29 is 9.53 Å². The number of hydrogen-bond donors (Lipinski definition) is 2. The van der Waals surface area contributed by atoms with E-state index >= 15 is 0 Å². The van der Waals surface area contributed by atoms with Gasteiger partial charge in [-0.1, -0.05) is 13.8 Å². The van der Waals surface area contributed by atoms with E-state index in [2.05, 4.69) is 29.1 Å². The number of carbonyl (C=O) groups excluding carboxylic acids is 1. The van der Waals surface area contributed by atoms with E-state index in [-0.39, 0.29) is 11.4 Å². The molecule has 0 radical (unpaired) electrons. The molecule has 0 aliphatic rings. The van der Waals surface area contributed by atoms with Crippen molar-refractivity contribution in [2.45, 2.75) is 46.6 Å². The number of amides is 1. The fourth-order valence-corrected chi connectivity index (χ4v) is 2.93. The third-order valence-corrected chi connectivity index (χ3v) is 3.85. The van der Waals surface area contributed by atoms with Gasteiger partial charge in [-0.05, 0) is 49.9 Å². The van der Waals surface area contributed by atoms with E-state index in [0.29, 0.717) is 18.3 Å². The predicted molar refractivity (Wildman–Crippen MR) is 104 cm³/mol. The SMILES string of the molecule is CC(=O)Nc1cc(-c2cc(C)c(OCC(C)(N)CC(C)C)cn2)ccn1. The van der Waals surface area contributed by atoms with Crippen LogP contribution in [0.5, 0.6) is 5.75 Å². The number of aryl methyl sites for hydroxylation is 1. The number of rotatable bonds is 7. The van der Waals surface area contributed by atoms with Crippen LogP contribution < -0.4 is 15.8 Å². The van der Waals surface area contributed by atoms with Gasteiger partial charge in [0.2, 0.25) is 5.91 Å². The maximum Gasteiger partial charge on any atom is 0.222 e. The molecule has 3 N–H and O–H groups in total. The molecule has 0 bridgehead atoms. The molecule has 1 unspecified atom stereocenters. The Kier molecular flexibility index (Phi) is 6.32. The molecule has 0 fully saturated rings. The Hall–Kier alpha value is -2.47. The van der Waals surface area contributed by atoms with Crippen molar-refractivity contribution in [2.75, 3.05) is 11.9 Å². The predicted octanol–water partition coefficient (Wildman–Crippen LogP) is 3.55. The third kappa shape index (κ3) is 5.81. The number of nitrogens with one attached hydrogen (secondary N) is 1. The summed E-state index contributed by atoms with van der Waals surface area (Å²) in [4.78, 5) is 19.8. The summed E-state index contributed by atoms with van der Waals surface area (Å²) in [5.74, 6) is 1.58. The van der Waals surface area contributed by atoms with Gasteiger partial charge in [0.05, 0.1) is 11.9 Å². The minimum atomic E-state index is -0.377. The van der Waals surface area contributed by atoms with Crippen molar-refractivity contribution in [1.82, 2.24) is 9.97 Å². The van der Waals surface area contributed by atoms with E-state index in [1.54, 1.807) is 18.5 Å². The summed E-state index contributed by atoms with van der Waals surface area (Å²) in [6.07, 6.45) is 4.25. The molecule has 2 aromatic heterocycles. The molecular weight excluding hydrogens is 328 g/mol. The smallest absolute Gasteiger partial charge is 0.222 e. The number of hydrogen-bond acceptors (Lipinski definition) is 5. The number of nitrogens with two attached hydrogens (primary N) is 1. The van der Waals surface area contributed by atoms with Crippen LogP contribution in [0.1, 0.15) is 39.7 Å². The average Bonchev–Trinajstić information content (AvgIpc) is 2.52. The van der Waals surface area contributed by atoms with E-state index in [1.807, 2.05) is 26.0 Å². The third-order valence-electron chi connectivity index (χ3n) is 3.85. The van der Waals surface area contributed by atoms with Crippen molar-refractivity contribution in [3.63, 3.8) is 0 Å². The van der Waals surface area contributed by atoms with Crippen molar-refractivity contribution >= 4 is 11.7 Å². The van der Waals surface area contributed by atoms with Gasteiger partial charge in [-0.3, -0.25) is 9.78 Å². The van der Waals surface area contributed by atoms with Gasteiger partial charge in [-0.25, -0.2) is 4.98 Å². The van der Waals surface area contributed by atoms with Crippen LogP contribution in [-0.4, -0.2) is 28.0 Å². The van der Waals surface area contributed by atoms with Crippen LogP contribution in [0.2, 0.25) is 0 Å². The Morgan fingerprint density at radius 3 is 2.69 bits per heavy atom. The Bertz CT molecular complexity index is 772. The van der Waals surface area contributed by atoms with Crippen LogP contribution in [0.3, 0.4) is 0 Å².